The molecule has 8 nitrogen and oxygen atoms in total. The van der Waals surface area contributed by atoms with Crippen LogP contribution in [0.3, 0.4) is 0 Å². The van der Waals surface area contributed by atoms with Crippen LogP contribution in [0.25, 0.3) is 28.0 Å². The van der Waals surface area contributed by atoms with Gasteiger partial charge in [-0.05, 0) is 48.1 Å². The number of fused-ring (bicyclic) bond motifs is 3. The van der Waals surface area contributed by atoms with Gasteiger partial charge in [0.05, 0.1) is 19.4 Å². The molecule has 0 amide bonds. The molecule has 2 aromatic heterocycles. The number of aromatic hydroxyl groups is 1. The normalized spacial score (nSPS) is 24.4. The molecule has 1 aromatic carbocycles. The number of morpholine rings is 1. The highest BCUT2D eigenvalue weighted by atomic mass is 16.5. The highest BCUT2D eigenvalue weighted by Gasteiger charge is 2.35. The lowest BCUT2D eigenvalue weighted by Gasteiger charge is -2.41. The Kier molecular flexibility index (Phi) is 4.69. The molecule has 32 heavy (non-hydrogen) atoms. The summed E-state index contributed by atoms with van der Waals surface area (Å²) >= 11 is 0. The molecule has 3 aliphatic heterocycles. The van der Waals surface area contributed by atoms with Crippen LogP contribution < -0.4 is 10.1 Å². The van der Waals surface area contributed by atoms with Gasteiger partial charge in [-0.25, -0.2) is 0 Å². The predicted octanol–water partition coefficient (Wildman–Crippen LogP) is 2.79. The summed E-state index contributed by atoms with van der Waals surface area (Å²) in [6, 6.07) is 8.22. The summed E-state index contributed by atoms with van der Waals surface area (Å²) < 4.78 is 13.4. The number of aryl methyl sites for hydroxylation is 1. The van der Waals surface area contributed by atoms with E-state index in [2.05, 4.69) is 26.7 Å². The summed E-state index contributed by atoms with van der Waals surface area (Å²) in [5, 5.41) is 27.6. The quantitative estimate of drug-likeness (QED) is 0.659. The van der Waals surface area contributed by atoms with Crippen LogP contribution in [0, 0.1) is 5.92 Å². The molecule has 3 aliphatic rings. The molecule has 164 valence electrons. The Bertz CT molecular complexity index is 1190. The van der Waals surface area contributed by atoms with Gasteiger partial charge in [-0.2, -0.15) is 5.10 Å². The second-order valence-electron chi connectivity index (χ2n) is 8.81. The molecular weight excluding hydrogens is 406 g/mol. The number of nitrogens with one attached hydrogen (secondary N) is 1. The highest BCUT2D eigenvalue weighted by Crippen LogP contribution is 2.41. The lowest BCUT2D eigenvalue weighted by Crippen LogP contribution is -2.54. The standard InChI is InChI=1S/C24H25N5O3/c1-29-11-16(10-25-29)14-2-3-20(22(30)8-14)21-9-23-24(28-27-21)19(4-5-32-23)15-6-17-12-31-13-18(7-15)26-17/h2-4,8-11,15,17-18,26,30H,5-7,12-13H2,1H3/t15-,17+,18?/m0/s1. The van der Waals surface area contributed by atoms with Gasteiger partial charge in [-0.3, -0.25) is 4.68 Å². The summed E-state index contributed by atoms with van der Waals surface area (Å²) in [5.41, 5.74) is 5.10. The summed E-state index contributed by atoms with van der Waals surface area (Å²) in [5.74, 6) is 1.30. The lowest BCUT2D eigenvalue weighted by molar-refractivity contribution is 0.0153. The average molecular weight is 431 g/mol. The van der Waals surface area contributed by atoms with Crippen molar-refractivity contribution in [2.24, 2.45) is 13.0 Å². The summed E-state index contributed by atoms with van der Waals surface area (Å²) in [7, 11) is 1.87. The molecule has 0 radical (unpaired) electrons. The number of rotatable bonds is 3. The monoisotopic (exact) mass is 431 g/mol. The van der Waals surface area contributed by atoms with Crippen LogP contribution in [0.5, 0.6) is 11.5 Å². The Morgan fingerprint density at radius 3 is 2.69 bits per heavy atom. The van der Waals surface area contributed by atoms with E-state index in [4.69, 9.17) is 9.47 Å². The van der Waals surface area contributed by atoms with Crippen LogP contribution in [0.1, 0.15) is 18.5 Å². The Hall–Kier alpha value is -3.23. The van der Waals surface area contributed by atoms with Crippen molar-refractivity contribution in [3.05, 3.63) is 48.4 Å². The van der Waals surface area contributed by atoms with E-state index in [0.29, 0.717) is 35.9 Å². The number of allylic oxidation sites excluding steroid dienone is 1. The molecule has 2 fully saturated rings. The Morgan fingerprint density at radius 1 is 1.09 bits per heavy atom. The molecule has 2 saturated heterocycles. The number of hydrogen-bond donors (Lipinski definition) is 2. The predicted molar refractivity (Wildman–Crippen MR) is 119 cm³/mol. The van der Waals surface area contributed by atoms with Gasteiger partial charge in [0.15, 0.2) is 0 Å². The minimum atomic E-state index is 0.151. The largest absolute Gasteiger partial charge is 0.507 e. The van der Waals surface area contributed by atoms with E-state index in [9.17, 15) is 5.11 Å². The van der Waals surface area contributed by atoms with Crippen molar-refractivity contribution in [1.82, 2.24) is 25.3 Å². The molecule has 8 heteroatoms. The van der Waals surface area contributed by atoms with E-state index < -0.39 is 0 Å². The second kappa shape index (κ2) is 7.72. The fraction of sp³-hybridized carbons (Fsp3) is 0.375. The Balaban J connectivity index is 1.29. The fourth-order valence-electron chi connectivity index (χ4n) is 5.08. The van der Waals surface area contributed by atoms with E-state index in [1.807, 2.05) is 31.4 Å². The molecule has 1 unspecified atom stereocenters. The number of hydrogen-bond acceptors (Lipinski definition) is 7. The first-order chi connectivity index (χ1) is 15.6. The number of phenolic OH excluding ortho intramolecular Hbond substituents is 1. The smallest absolute Gasteiger partial charge is 0.149 e. The first-order valence-electron chi connectivity index (χ1n) is 11.0. The molecule has 0 spiro atoms. The van der Waals surface area contributed by atoms with E-state index >= 15 is 0 Å². The van der Waals surface area contributed by atoms with E-state index in [0.717, 1.165) is 48.6 Å². The maximum Gasteiger partial charge on any atom is 0.149 e. The minimum absolute atomic E-state index is 0.151. The Morgan fingerprint density at radius 2 is 1.94 bits per heavy atom. The second-order valence-corrected chi connectivity index (χ2v) is 8.81. The van der Waals surface area contributed by atoms with Crippen molar-refractivity contribution in [3.8, 4) is 33.9 Å². The molecule has 2 N–H and O–H groups in total. The maximum atomic E-state index is 10.7. The van der Waals surface area contributed by atoms with Crippen molar-refractivity contribution in [3.63, 3.8) is 0 Å². The number of aromatic nitrogens is 4. The van der Waals surface area contributed by atoms with Crippen LogP contribution in [-0.4, -0.2) is 57.0 Å². The van der Waals surface area contributed by atoms with Gasteiger partial charge in [-0.1, -0.05) is 6.07 Å². The number of ether oxygens (including phenoxy) is 2. The van der Waals surface area contributed by atoms with Crippen molar-refractivity contribution >= 4 is 5.57 Å². The summed E-state index contributed by atoms with van der Waals surface area (Å²) in [4.78, 5) is 0. The molecule has 0 saturated carbocycles. The molecule has 6 rings (SSSR count). The van der Waals surface area contributed by atoms with Crippen LogP contribution in [0.4, 0.5) is 0 Å². The third-order valence-corrected chi connectivity index (χ3v) is 6.57. The van der Waals surface area contributed by atoms with E-state index in [-0.39, 0.29) is 5.75 Å². The van der Waals surface area contributed by atoms with Gasteiger partial charge in [0.25, 0.3) is 0 Å². The van der Waals surface area contributed by atoms with Crippen molar-refractivity contribution < 1.29 is 14.6 Å². The van der Waals surface area contributed by atoms with Crippen molar-refractivity contribution in [2.75, 3.05) is 19.8 Å². The summed E-state index contributed by atoms with van der Waals surface area (Å²) in [6.07, 6.45) is 7.89. The SMILES string of the molecule is Cn1cc(-c2ccc(-c3cc4c(nn3)C([C@@H]3CC5COC[C@@H](C3)N5)=CCO4)c(O)c2)cn1. The molecule has 3 atom stereocenters. The zero-order valence-electron chi connectivity index (χ0n) is 17.9. The van der Waals surface area contributed by atoms with Crippen molar-refractivity contribution in [1.29, 1.82) is 0 Å². The van der Waals surface area contributed by atoms with Gasteiger partial charge in [0.1, 0.15) is 29.5 Å². The number of benzene rings is 1. The lowest BCUT2D eigenvalue weighted by atomic mass is 9.80. The average Bonchev–Trinajstić information content (AvgIpc) is 3.24. The maximum absolute atomic E-state index is 10.7. The van der Waals surface area contributed by atoms with Crippen molar-refractivity contribution in [2.45, 2.75) is 24.9 Å². The number of nitrogens with zero attached hydrogens (tertiary/aromatic N) is 4. The summed E-state index contributed by atoms with van der Waals surface area (Å²) in [6.45, 7) is 2.06. The molecule has 3 aromatic rings. The van der Waals surface area contributed by atoms with Gasteiger partial charge in [-0.15, -0.1) is 10.2 Å². The zero-order chi connectivity index (χ0) is 21.7. The minimum Gasteiger partial charge on any atom is -0.507 e. The van der Waals surface area contributed by atoms with Crippen LogP contribution in [-0.2, 0) is 11.8 Å². The van der Waals surface area contributed by atoms with Gasteiger partial charge in [0, 0.05) is 42.5 Å². The molecule has 0 aliphatic carbocycles. The first kappa shape index (κ1) is 19.5. The van der Waals surface area contributed by atoms with Crippen LogP contribution in [0.2, 0.25) is 0 Å². The fourth-order valence-corrected chi connectivity index (χ4v) is 5.08. The Labute approximate surface area is 185 Å². The third-order valence-electron chi connectivity index (χ3n) is 6.57. The van der Waals surface area contributed by atoms with Gasteiger partial charge < -0.3 is 19.9 Å². The number of piperidine rings is 1. The third kappa shape index (κ3) is 3.45. The first-order valence-corrected chi connectivity index (χ1v) is 11.0. The van der Waals surface area contributed by atoms with Crippen LogP contribution >= 0.6 is 0 Å². The number of phenols is 1. The van der Waals surface area contributed by atoms with Crippen LogP contribution in [0.15, 0.2) is 42.7 Å². The van der Waals surface area contributed by atoms with E-state index in [1.54, 1.807) is 16.9 Å². The van der Waals surface area contributed by atoms with Gasteiger partial charge >= 0.3 is 0 Å². The molecular formula is C24H25N5O3. The highest BCUT2D eigenvalue weighted by molar-refractivity contribution is 5.77. The topological polar surface area (TPSA) is 94.3 Å². The zero-order valence-corrected chi connectivity index (χ0v) is 17.9. The molecule has 2 bridgehead atoms. The molecule has 5 heterocycles. The van der Waals surface area contributed by atoms with Gasteiger partial charge in [0.2, 0.25) is 0 Å². The van der Waals surface area contributed by atoms with E-state index in [1.165, 1.54) is 5.57 Å².